The van der Waals surface area contributed by atoms with Gasteiger partial charge in [-0.25, -0.2) is 0 Å². The molecule has 0 spiro atoms. The van der Waals surface area contributed by atoms with Crippen molar-refractivity contribution in [1.29, 1.82) is 0 Å². The van der Waals surface area contributed by atoms with Crippen LogP contribution in [0.1, 0.15) is 23.7 Å². The van der Waals surface area contributed by atoms with Gasteiger partial charge in [-0.3, -0.25) is 4.79 Å². The molecule has 0 bridgehead atoms. The molecule has 19 heavy (non-hydrogen) atoms. The fourth-order valence-corrected chi connectivity index (χ4v) is 2.27. The van der Waals surface area contributed by atoms with Gasteiger partial charge in [0, 0.05) is 12.0 Å². The van der Waals surface area contributed by atoms with Crippen LogP contribution in [0.2, 0.25) is 0 Å². The van der Waals surface area contributed by atoms with Gasteiger partial charge in [0.05, 0.1) is 12.2 Å². The number of carbonyl (C=O) groups excluding carboxylic acids is 1. The first-order valence-electron chi connectivity index (χ1n) is 6.28. The average Bonchev–Trinajstić information content (AvgIpc) is 2.68. The van der Waals surface area contributed by atoms with E-state index in [1.165, 1.54) is 6.92 Å². The fraction of sp³-hybridized carbons (Fsp3) is 0.500. The predicted molar refractivity (Wildman–Crippen MR) is 67.7 cm³/mol. The van der Waals surface area contributed by atoms with Crippen LogP contribution in [0.5, 0.6) is 0 Å². The Bertz CT molecular complexity index is 431. The second-order valence-corrected chi connectivity index (χ2v) is 4.85. The lowest BCUT2D eigenvalue weighted by Crippen LogP contribution is -2.37. The first kappa shape index (κ1) is 14.1. The monoisotopic (exact) mass is 266 g/mol. The average molecular weight is 266 g/mol. The molecule has 1 aliphatic heterocycles. The van der Waals surface area contributed by atoms with E-state index in [4.69, 9.17) is 4.74 Å². The molecule has 5 heteroatoms. The molecule has 1 aromatic rings. The number of ketones is 1. The highest BCUT2D eigenvalue weighted by molar-refractivity contribution is 5.96. The second kappa shape index (κ2) is 5.79. The lowest BCUT2D eigenvalue weighted by molar-refractivity contribution is -0.0579. The predicted octanol–water partition coefficient (Wildman–Crippen LogP) is 0.129. The quantitative estimate of drug-likeness (QED) is 0.674. The highest BCUT2D eigenvalue weighted by Gasteiger charge is 2.45. The summed E-state index contributed by atoms with van der Waals surface area (Å²) < 4.78 is 5.37. The number of hydrogen-bond donors (Lipinski definition) is 3. The lowest BCUT2D eigenvalue weighted by Gasteiger charge is -2.16. The molecule has 1 heterocycles. The van der Waals surface area contributed by atoms with Crippen molar-refractivity contribution >= 4 is 5.78 Å². The minimum absolute atomic E-state index is 0.0224. The van der Waals surface area contributed by atoms with E-state index in [-0.39, 0.29) is 12.2 Å². The van der Waals surface area contributed by atoms with Gasteiger partial charge in [0.2, 0.25) is 0 Å². The summed E-state index contributed by atoms with van der Waals surface area (Å²) in [7, 11) is 0. The minimum atomic E-state index is -1.17. The highest BCUT2D eigenvalue weighted by atomic mass is 16.6. The van der Waals surface area contributed by atoms with Gasteiger partial charge in [0.1, 0.15) is 18.3 Å². The molecule has 1 aliphatic rings. The van der Waals surface area contributed by atoms with Crippen molar-refractivity contribution in [3.05, 3.63) is 35.9 Å². The zero-order valence-corrected chi connectivity index (χ0v) is 10.6. The zero-order chi connectivity index (χ0) is 14.0. The lowest BCUT2D eigenvalue weighted by atomic mass is 9.99. The molecule has 5 nitrogen and oxygen atoms in total. The summed E-state index contributed by atoms with van der Waals surface area (Å²) in [6, 6.07) is 8.70. The maximum absolute atomic E-state index is 12.0. The van der Waals surface area contributed by atoms with Crippen molar-refractivity contribution < 1.29 is 24.9 Å². The molecular weight excluding hydrogens is 248 g/mol. The third-order valence-corrected chi connectivity index (χ3v) is 3.36. The molecule has 0 aromatic heterocycles. The van der Waals surface area contributed by atoms with Crippen LogP contribution in [-0.2, 0) is 4.74 Å². The molecule has 1 aromatic carbocycles. The first-order chi connectivity index (χ1) is 9.00. The molecule has 104 valence electrons. The Kier molecular flexibility index (Phi) is 4.31. The number of aliphatic hydroxyl groups excluding tert-OH is 3. The standard InChI is InChI=1S/C14H18O5/c1-8(15)14-13(18)12(17)11(19-14)7-10(16)9-5-3-2-4-6-9/h2-6,8,11-15,17-18H,7H2,1H3/t8-,11?,12+,13-,14?/m1/s1. The first-order valence-corrected chi connectivity index (χ1v) is 6.28. The Morgan fingerprint density at radius 1 is 1.26 bits per heavy atom. The SMILES string of the molecule is C[C@@H](O)C1OC(CC(=O)c2ccccc2)[C@H](O)[C@H]1O. The highest BCUT2D eigenvalue weighted by Crippen LogP contribution is 2.26. The number of benzene rings is 1. The Labute approximate surface area is 111 Å². The fourth-order valence-electron chi connectivity index (χ4n) is 2.27. The van der Waals surface area contributed by atoms with E-state index in [1.807, 2.05) is 6.07 Å². The summed E-state index contributed by atoms with van der Waals surface area (Å²) in [6.45, 7) is 1.47. The molecule has 0 aliphatic carbocycles. The normalized spacial score (nSPS) is 32.2. The molecule has 1 fully saturated rings. The molecule has 0 saturated carbocycles. The number of hydrogen-bond acceptors (Lipinski definition) is 5. The second-order valence-electron chi connectivity index (χ2n) is 4.85. The molecule has 0 radical (unpaired) electrons. The number of carbonyl (C=O) groups is 1. The molecule has 2 rings (SSSR count). The molecule has 0 amide bonds. The zero-order valence-electron chi connectivity index (χ0n) is 10.6. The van der Waals surface area contributed by atoms with E-state index in [1.54, 1.807) is 24.3 Å². The number of ether oxygens (including phenoxy) is 1. The summed E-state index contributed by atoms with van der Waals surface area (Å²) in [6.07, 6.45) is -4.90. The Morgan fingerprint density at radius 2 is 1.89 bits per heavy atom. The van der Waals surface area contributed by atoms with Crippen LogP contribution in [0, 0.1) is 0 Å². The maximum atomic E-state index is 12.0. The molecule has 1 saturated heterocycles. The van der Waals surface area contributed by atoms with Crippen LogP contribution >= 0.6 is 0 Å². The van der Waals surface area contributed by atoms with Crippen LogP contribution in [0.15, 0.2) is 30.3 Å². The molecule has 2 unspecified atom stereocenters. The van der Waals surface area contributed by atoms with Gasteiger partial charge in [-0.05, 0) is 6.92 Å². The number of rotatable bonds is 4. The molecule has 5 atom stereocenters. The maximum Gasteiger partial charge on any atom is 0.165 e. The van der Waals surface area contributed by atoms with Crippen LogP contribution < -0.4 is 0 Å². The van der Waals surface area contributed by atoms with Gasteiger partial charge in [-0.1, -0.05) is 30.3 Å². The van der Waals surface area contributed by atoms with Crippen molar-refractivity contribution in [1.82, 2.24) is 0 Å². The van der Waals surface area contributed by atoms with E-state index in [0.29, 0.717) is 5.56 Å². The van der Waals surface area contributed by atoms with Crippen LogP contribution in [-0.4, -0.2) is 51.6 Å². The summed E-state index contributed by atoms with van der Waals surface area (Å²) in [5, 5.41) is 29.0. The van der Waals surface area contributed by atoms with E-state index in [9.17, 15) is 20.1 Å². The van der Waals surface area contributed by atoms with Crippen molar-refractivity contribution in [2.24, 2.45) is 0 Å². The van der Waals surface area contributed by atoms with Gasteiger partial charge >= 0.3 is 0 Å². The summed E-state index contributed by atoms with van der Waals surface area (Å²) in [4.78, 5) is 12.0. The smallest absolute Gasteiger partial charge is 0.165 e. The molecule has 3 N–H and O–H groups in total. The van der Waals surface area contributed by atoms with Crippen LogP contribution in [0.4, 0.5) is 0 Å². The molecular formula is C14H18O5. The van der Waals surface area contributed by atoms with E-state index in [0.717, 1.165) is 0 Å². The van der Waals surface area contributed by atoms with Crippen molar-refractivity contribution in [3.63, 3.8) is 0 Å². The van der Waals surface area contributed by atoms with Crippen LogP contribution in [0.25, 0.3) is 0 Å². The number of aliphatic hydroxyl groups is 3. The van der Waals surface area contributed by atoms with Crippen LogP contribution in [0.3, 0.4) is 0 Å². The summed E-state index contributed by atoms with van der Waals surface area (Å²) in [5.74, 6) is -0.164. The van der Waals surface area contributed by atoms with Gasteiger partial charge in [-0.2, -0.15) is 0 Å². The largest absolute Gasteiger partial charge is 0.391 e. The van der Waals surface area contributed by atoms with Gasteiger partial charge in [0.15, 0.2) is 5.78 Å². The van der Waals surface area contributed by atoms with E-state index < -0.39 is 30.5 Å². The van der Waals surface area contributed by atoms with Crippen molar-refractivity contribution in [3.8, 4) is 0 Å². The summed E-state index contributed by atoms with van der Waals surface area (Å²) >= 11 is 0. The Balaban J connectivity index is 2.02. The minimum Gasteiger partial charge on any atom is -0.391 e. The van der Waals surface area contributed by atoms with Crippen molar-refractivity contribution in [2.75, 3.05) is 0 Å². The Hall–Kier alpha value is -1.27. The van der Waals surface area contributed by atoms with Gasteiger partial charge in [-0.15, -0.1) is 0 Å². The van der Waals surface area contributed by atoms with Gasteiger partial charge < -0.3 is 20.1 Å². The van der Waals surface area contributed by atoms with E-state index >= 15 is 0 Å². The number of Topliss-reactive ketones (excluding diaryl/α,β-unsaturated/α-hetero) is 1. The topological polar surface area (TPSA) is 87.0 Å². The third-order valence-electron chi connectivity index (χ3n) is 3.36. The van der Waals surface area contributed by atoms with Gasteiger partial charge in [0.25, 0.3) is 0 Å². The summed E-state index contributed by atoms with van der Waals surface area (Å²) in [5.41, 5.74) is 0.535. The third kappa shape index (κ3) is 3.01. The van der Waals surface area contributed by atoms with Crippen molar-refractivity contribution in [2.45, 2.75) is 43.9 Å². The van der Waals surface area contributed by atoms with E-state index in [2.05, 4.69) is 0 Å². The Morgan fingerprint density at radius 3 is 2.42 bits per heavy atom.